The number of anilines is 3. The van der Waals surface area contributed by atoms with E-state index >= 15 is 0 Å². The van der Waals surface area contributed by atoms with Gasteiger partial charge in [-0.1, -0.05) is 140 Å². The normalized spacial score (nSPS) is 11.5. The van der Waals surface area contributed by atoms with Gasteiger partial charge in [-0.25, -0.2) is 4.98 Å². The highest BCUT2D eigenvalue weighted by molar-refractivity contribution is 6.17. The third kappa shape index (κ3) is 5.10. The summed E-state index contributed by atoms with van der Waals surface area (Å²) < 4.78 is 6.40. The summed E-state index contributed by atoms with van der Waals surface area (Å²) in [6.07, 6.45) is 0. The molecular weight excluding hydrogens is 633 g/mol. The van der Waals surface area contributed by atoms with E-state index in [1.54, 1.807) is 0 Å². The predicted octanol–water partition coefficient (Wildman–Crippen LogP) is 13.6. The van der Waals surface area contributed by atoms with Crippen LogP contribution in [-0.4, -0.2) is 4.98 Å². The van der Waals surface area contributed by atoms with Crippen molar-refractivity contribution >= 4 is 27.8 Å². The van der Waals surface area contributed by atoms with Crippen molar-refractivity contribution in [2.24, 2.45) is 0 Å². The Hall–Kier alpha value is -6.97. The van der Waals surface area contributed by atoms with Crippen LogP contribution in [0.1, 0.15) is 0 Å². The second kappa shape index (κ2) is 12.4. The molecule has 8 aromatic carbocycles. The first-order valence-electron chi connectivity index (χ1n) is 17.6. The molecule has 0 bridgehead atoms. The van der Waals surface area contributed by atoms with Gasteiger partial charge in [0.15, 0.2) is 5.76 Å². The minimum Gasteiger partial charge on any atom is -0.435 e. The molecule has 52 heavy (non-hydrogen) atoms. The molecule has 1 aliphatic carbocycles. The molecule has 0 unspecified atom stereocenters. The summed E-state index contributed by atoms with van der Waals surface area (Å²) in [5, 5.41) is 2.39. The van der Waals surface area contributed by atoms with Crippen molar-refractivity contribution in [3.8, 4) is 67.4 Å². The first-order valence-corrected chi connectivity index (χ1v) is 17.6. The van der Waals surface area contributed by atoms with E-state index in [9.17, 15) is 0 Å². The SMILES string of the molecule is c1ccc(-c2ccc(N(c3ccc(-c4ccccc4)cc3)c3ccc(-c4ccc5c6c(cccc46)-c4nc(-c6ccccc6)oc4-5)cc3)cc2)cc1. The standard InChI is InChI=1S/C49H32N2O/c1-4-11-33(12-5-1)35-19-25-39(26-20-35)51(40-27-21-36(22-28-40)34-13-6-2-7-14-34)41-29-23-37(24-30-41)42-31-32-45-46-43(42)17-10-18-44(46)47-48(45)52-49(50-47)38-15-8-3-9-16-38/h1-32H. The summed E-state index contributed by atoms with van der Waals surface area (Å²) >= 11 is 0. The van der Waals surface area contributed by atoms with Gasteiger partial charge in [-0.2, -0.15) is 0 Å². The Bertz CT molecular complexity index is 2570. The van der Waals surface area contributed by atoms with Crippen LogP contribution >= 0.6 is 0 Å². The van der Waals surface area contributed by atoms with Gasteiger partial charge in [-0.3, -0.25) is 0 Å². The molecule has 1 aromatic heterocycles. The molecule has 0 aliphatic heterocycles. The van der Waals surface area contributed by atoms with Gasteiger partial charge in [0.05, 0.1) is 0 Å². The van der Waals surface area contributed by atoms with E-state index in [0.717, 1.165) is 50.8 Å². The molecule has 10 rings (SSSR count). The molecule has 0 saturated heterocycles. The summed E-state index contributed by atoms with van der Waals surface area (Å²) in [5.41, 5.74) is 14.5. The van der Waals surface area contributed by atoms with E-state index in [0.29, 0.717) is 5.89 Å². The first kappa shape index (κ1) is 29.9. The Morgan fingerprint density at radius 3 is 1.35 bits per heavy atom. The third-order valence-corrected chi connectivity index (χ3v) is 10.1. The Balaban J connectivity index is 1.02. The van der Waals surface area contributed by atoms with Crippen molar-refractivity contribution in [2.45, 2.75) is 0 Å². The highest BCUT2D eigenvalue weighted by Gasteiger charge is 2.29. The summed E-state index contributed by atoms with van der Waals surface area (Å²) in [7, 11) is 0. The van der Waals surface area contributed by atoms with E-state index in [4.69, 9.17) is 9.40 Å². The van der Waals surface area contributed by atoms with E-state index < -0.39 is 0 Å². The number of oxazole rings is 1. The van der Waals surface area contributed by atoms with Crippen LogP contribution in [0.3, 0.4) is 0 Å². The fourth-order valence-corrected chi connectivity index (χ4v) is 7.54. The van der Waals surface area contributed by atoms with Crippen molar-refractivity contribution in [3.05, 3.63) is 194 Å². The second-order valence-electron chi connectivity index (χ2n) is 13.2. The van der Waals surface area contributed by atoms with Crippen LogP contribution in [0.15, 0.2) is 199 Å². The van der Waals surface area contributed by atoms with E-state index in [1.807, 2.05) is 30.3 Å². The first-order chi connectivity index (χ1) is 25.8. The van der Waals surface area contributed by atoms with Crippen molar-refractivity contribution < 1.29 is 4.42 Å². The van der Waals surface area contributed by atoms with E-state index in [-0.39, 0.29) is 0 Å². The number of nitrogens with zero attached hydrogens (tertiary/aromatic N) is 2. The van der Waals surface area contributed by atoms with Crippen molar-refractivity contribution in [1.29, 1.82) is 0 Å². The number of hydrogen-bond donors (Lipinski definition) is 0. The predicted molar refractivity (Wildman–Crippen MR) is 215 cm³/mol. The summed E-state index contributed by atoms with van der Waals surface area (Å²) in [4.78, 5) is 7.29. The zero-order valence-electron chi connectivity index (χ0n) is 28.3. The van der Waals surface area contributed by atoms with E-state index in [1.165, 1.54) is 38.6 Å². The third-order valence-electron chi connectivity index (χ3n) is 10.1. The van der Waals surface area contributed by atoms with Crippen LogP contribution in [0.25, 0.3) is 78.2 Å². The van der Waals surface area contributed by atoms with Crippen LogP contribution in [0, 0.1) is 0 Å². The van der Waals surface area contributed by atoms with Gasteiger partial charge < -0.3 is 9.32 Å². The molecule has 0 fully saturated rings. The lowest BCUT2D eigenvalue weighted by Gasteiger charge is -2.26. The smallest absolute Gasteiger partial charge is 0.227 e. The lowest BCUT2D eigenvalue weighted by atomic mass is 9.94. The van der Waals surface area contributed by atoms with Crippen LogP contribution < -0.4 is 4.90 Å². The fourth-order valence-electron chi connectivity index (χ4n) is 7.54. The quantitative estimate of drug-likeness (QED) is 0.170. The van der Waals surface area contributed by atoms with Gasteiger partial charge in [-0.15, -0.1) is 0 Å². The maximum absolute atomic E-state index is 6.40. The van der Waals surface area contributed by atoms with E-state index in [2.05, 4.69) is 169 Å². The van der Waals surface area contributed by atoms with Gasteiger partial charge in [0, 0.05) is 39.1 Å². The molecule has 9 aromatic rings. The Labute approximate surface area is 302 Å². The summed E-state index contributed by atoms with van der Waals surface area (Å²) in [6.45, 7) is 0. The highest BCUT2D eigenvalue weighted by atomic mass is 16.4. The average Bonchev–Trinajstić information content (AvgIpc) is 3.79. The Morgan fingerprint density at radius 1 is 0.346 bits per heavy atom. The molecule has 3 heteroatoms. The molecule has 0 radical (unpaired) electrons. The van der Waals surface area contributed by atoms with Crippen LogP contribution in [0.2, 0.25) is 0 Å². The molecule has 244 valence electrons. The van der Waals surface area contributed by atoms with Crippen LogP contribution in [0.5, 0.6) is 0 Å². The molecule has 0 amide bonds. The highest BCUT2D eigenvalue weighted by Crippen LogP contribution is 2.50. The molecule has 0 spiro atoms. The van der Waals surface area contributed by atoms with Gasteiger partial charge in [0.2, 0.25) is 5.89 Å². The molecule has 0 atom stereocenters. The topological polar surface area (TPSA) is 29.3 Å². The Morgan fingerprint density at radius 2 is 0.808 bits per heavy atom. The fraction of sp³-hybridized carbons (Fsp3) is 0. The van der Waals surface area contributed by atoms with Crippen molar-refractivity contribution in [1.82, 2.24) is 4.98 Å². The second-order valence-corrected chi connectivity index (χ2v) is 13.2. The van der Waals surface area contributed by atoms with Gasteiger partial charge >= 0.3 is 0 Å². The minimum atomic E-state index is 0.655. The molecule has 1 heterocycles. The summed E-state index contributed by atoms with van der Waals surface area (Å²) in [5.74, 6) is 1.50. The van der Waals surface area contributed by atoms with Crippen molar-refractivity contribution in [2.75, 3.05) is 4.90 Å². The molecule has 1 aliphatic rings. The number of fused-ring (bicyclic) bond motifs is 3. The van der Waals surface area contributed by atoms with Crippen LogP contribution in [-0.2, 0) is 0 Å². The molecule has 0 saturated carbocycles. The van der Waals surface area contributed by atoms with Crippen molar-refractivity contribution in [3.63, 3.8) is 0 Å². The van der Waals surface area contributed by atoms with Crippen LogP contribution in [0.4, 0.5) is 17.1 Å². The lowest BCUT2D eigenvalue weighted by Crippen LogP contribution is -2.09. The molecule has 0 N–H and O–H groups in total. The van der Waals surface area contributed by atoms with Gasteiger partial charge in [-0.05, 0) is 93.4 Å². The summed E-state index contributed by atoms with van der Waals surface area (Å²) in [6, 6.07) is 68.7. The zero-order chi connectivity index (χ0) is 34.4. The Kier molecular flexibility index (Phi) is 7.14. The largest absolute Gasteiger partial charge is 0.435 e. The number of benzene rings is 8. The zero-order valence-corrected chi connectivity index (χ0v) is 28.3. The average molecular weight is 665 g/mol. The minimum absolute atomic E-state index is 0.655. The monoisotopic (exact) mass is 664 g/mol. The number of rotatable bonds is 7. The molecular formula is C49H32N2O. The van der Waals surface area contributed by atoms with Gasteiger partial charge in [0.25, 0.3) is 0 Å². The number of aromatic nitrogens is 1. The van der Waals surface area contributed by atoms with Gasteiger partial charge in [0.1, 0.15) is 5.69 Å². The maximum atomic E-state index is 6.40. The maximum Gasteiger partial charge on any atom is 0.227 e. The number of hydrogen-bond acceptors (Lipinski definition) is 3. The molecule has 3 nitrogen and oxygen atoms in total. The lowest BCUT2D eigenvalue weighted by molar-refractivity contribution is 0.590.